The van der Waals surface area contributed by atoms with Gasteiger partial charge in [0.1, 0.15) is 6.61 Å². The number of benzene rings is 1. The third kappa shape index (κ3) is 4.57. The van der Waals surface area contributed by atoms with Crippen molar-refractivity contribution in [3.05, 3.63) is 34.3 Å². The zero-order valence-corrected chi connectivity index (χ0v) is 11.0. The van der Waals surface area contributed by atoms with Gasteiger partial charge in [0.2, 0.25) is 0 Å². The van der Waals surface area contributed by atoms with E-state index in [2.05, 4.69) is 31.9 Å². The van der Waals surface area contributed by atoms with Gasteiger partial charge in [0.15, 0.2) is 0 Å². The van der Waals surface area contributed by atoms with Crippen LogP contribution in [-0.2, 0) is 4.74 Å². The summed E-state index contributed by atoms with van der Waals surface area (Å²) in [5.74, 6) is 0. The van der Waals surface area contributed by atoms with Crippen LogP contribution < -0.4 is 0 Å². The van der Waals surface area contributed by atoms with E-state index in [0.29, 0.717) is 5.33 Å². The van der Waals surface area contributed by atoms with E-state index in [-0.39, 0.29) is 6.10 Å². The number of hydrogen-bond donors (Lipinski definition) is 0. The molecule has 0 radical (unpaired) electrons. The Kier molecular flexibility index (Phi) is 5.71. The highest BCUT2D eigenvalue weighted by Gasteiger charge is 2.13. The van der Waals surface area contributed by atoms with Gasteiger partial charge in [-0.2, -0.15) is 0 Å². The Hall–Kier alpha value is -0.000000000000000111. The SMILES string of the molecule is FC(F)COC(CBr)c1ccc(Br)cc1. The molecule has 84 valence electrons. The lowest BCUT2D eigenvalue weighted by atomic mass is 10.1. The van der Waals surface area contributed by atoms with Crippen LogP contribution in [0.2, 0.25) is 0 Å². The van der Waals surface area contributed by atoms with Gasteiger partial charge in [-0.05, 0) is 17.7 Å². The minimum absolute atomic E-state index is 0.327. The number of rotatable bonds is 5. The quantitative estimate of drug-likeness (QED) is 0.729. The van der Waals surface area contributed by atoms with E-state index in [1.165, 1.54) is 0 Å². The molecule has 0 aliphatic rings. The van der Waals surface area contributed by atoms with Gasteiger partial charge in [0, 0.05) is 9.80 Å². The van der Waals surface area contributed by atoms with Crippen LogP contribution in [0.4, 0.5) is 8.78 Å². The van der Waals surface area contributed by atoms with E-state index in [0.717, 1.165) is 10.0 Å². The maximum Gasteiger partial charge on any atom is 0.261 e. The third-order valence-corrected chi connectivity index (χ3v) is 2.92. The molecule has 1 nitrogen and oxygen atoms in total. The van der Waals surface area contributed by atoms with Crippen LogP contribution in [0.25, 0.3) is 0 Å². The first-order chi connectivity index (χ1) is 7.13. The molecule has 0 aliphatic heterocycles. The first kappa shape index (κ1) is 13.1. The molecule has 5 heteroatoms. The number of halogens is 4. The Morgan fingerprint density at radius 3 is 2.27 bits per heavy atom. The second-order valence-electron chi connectivity index (χ2n) is 2.92. The summed E-state index contributed by atoms with van der Waals surface area (Å²) in [5, 5.41) is 0.501. The number of alkyl halides is 3. The first-order valence-corrected chi connectivity index (χ1v) is 6.26. The van der Waals surface area contributed by atoms with E-state index in [9.17, 15) is 8.78 Å². The highest BCUT2D eigenvalue weighted by atomic mass is 79.9. The number of ether oxygens (including phenoxy) is 1. The van der Waals surface area contributed by atoms with Gasteiger partial charge in [-0.3, -0.25) is 0 Å². The van der Waals surface area contributed by atoms with Crippen LogP contribution in [-0.4, -0.2) is 18.4 Å². The molecular formula is C10H10Br2F2O. The summed E-state index contributed by atoms with van der Waals surface area (Å²) in [6.45, 7) is -0.535. The summed E-state index contributed by atoms with van der Waals surface area (Å²) < 4.78 is 29.9. The fourth-order valence-electron chi connectivity index (χ4n) is 1.10. The van der Waals surface area contributed by atoms with E-state index >= 15 is 0 Å². The van der Waals surface area contributed by atoms with Crippen molar-refractivity contribution in [1.82, 2.24) is 0 Å². The Balaban J connectivity index is 2.61. The summed E-state index contributed by atoms with van der Waals surface area (Å²) in [4.78, 5) is 0. The normalized spacial score (nSPS) is 13.1. The maximum atomic E-state index is 12.0. The fraction of sp³-hybridized carbons (Fsp3) is 0.400. The summed E-state index contributed by atoms with van der Waals surface area (Å²) in [6, 6.07) is 7.41. The summed E-state index contributed by atoms with van der Waals surface area (Å²) in [5.41, 5.74) is 0.885. The second kappa shape index (κ2) is 6.55. The van der Waals surface area contributed by atoms with E-state index in [4.69, 9.17) is 4.74 Å². The van der Waals surface area contributed by atoms with Crippen LogP contribution >= 0.6 is 31.9 Å². The Morgan fingerprint density at radius 2 is 1.80 bits per heavy atom. The highest BCUT2D eigenvalue weighted by molar-refractivity contribution is 9.10. The first-order valence-electron chi connectivity index (χ1n) is 4.34. The predicted octanol–water partition coefficient (Wildman–Crippen LogP) is 4.17. The van der Waals surface area contributed by atoms with Gasteiger partial charge >= 0.3 is 0 Å². The molecule has 0 N–H and O–H groups in total. The molecule has 0 saturated carbocycles. The lowest BCUT2D eigenvalue weighted by Crippen LogP contribution is -2.11. The lowest BCUT2D eigenvalue weighted by Gasteiger charge is -2.15. The van der Waals surface area contributed by atoms with Crippen LogP contribution in [0, 0.1) is 0 Å². The van der Waals surface area contributed by atoms with Crippen molar-refractivity contribution in [2.75, 3.05) is 11.9 Å². The van der Waals surface area contributed by atoms with Crippen LogP contribution in [0.1, 0.15) is 11.7 Å². The molecule has 0 bridgehead atoms. The molecule has 0 saturated heterocycles. The van der Waals surface area contributed by atoms with Gasteiger partial charge < -0.3 is 4.74 Å². The Labute approximate surface area is 104 Å². The molecule has 1 atom stereocenters. The second-order valence-corrected chi connectivity index (χ2v) is 4.48. The van der Waals surface area contributed by atoms with E-state index in [1.807, 2.05) is 24.3 Å². The standard InChI is InChI=1S/C10H10Br2F2O/c11-5-9(15-6-10(13)14)7-1-3-8(12)4-2-7/h1-4,9-10H,5-6H2. The van der Waals surface area contributed by atoms with Crippen molar-refractivity contribution in [3.8, 4) is 0 Å². The van der Waals surface area contributed by atoms with Crippen molar-refractivity contribution in [1.29, 1.82) is 0 Å². The minimum Gasteiger partial charge on any atom is -0.367 e. The molecule has 0 heterocycles. The molecule has 1 unspecified atom stereocenters. The van der Waals surface area contributed by atoms with Crippen molar-refractivity contribution in [3.63, 3.8) is 0 Å². The molecule has 0 fully saturated rings. The summed E-state index contributed by atoms with van der Waals surface area (Å²) >= 11 is 6.55. The molecule has 0 aliphatic carbocycles. The highest BCUT2D eigenvalue weighted by Crippen LogP contribution is 2.22. The van der Waals surface area contributed by atoms with Crippen molar-refractivity contribution in [2.45, 2.75) is 12.5 Å². The van der Waals surface area contributed by atoms with Crippen LogP contribution in [0.15, 0.2) is 28.7 Å². The molecule has 15 heavy (non-hydrogen) atoms. The van der Waals surface area contributed by atoms with Crippen molar-refractivity contribution >= 4 is 31.9 Å². The maximum absolute atomic E-state index is 12.0. The smallest absolute Gasteiger partial charge is 0.261 e. The molecule has 1 aromatic rings. The Morgan fingerprint density at radius 1 is 1.20 bits per heavy atom. The number of hydrogen-bond acceptors (Lipinski definition) is 1. The summed E-state index contributed by atoms with van der Waals surface area (Å²) in [6.07, 6.45) is -2.76. The molecular weight excluding hydrogens is 334 g/mol. The average molecular weight is 344 g/mol. The molecule has 1 aromatic carbocycles. The van der Waals surface area contributed by atoms with Crippen molar-refractivity contribution < 1.29 is 13.5 Å². The van der Waals surface area contributed by atoms with Crippen molar-refractivity contribution in [2.24, 2.45) is 0 Å². The average Bonchev–Trinajstić information content (AvgIpc) is 2.21. The predicted molar refractivity (Wildman–Crippen MR) is 62.6 cm³/mol. The molecule has 0 spiro atoms. The van der Waals surface area contributed by atoms with Gasteiger partial charge in [-0.15, -0.1) is 0 Å². The zero-order valence-electron chi connectivity index (χ0n) is 7.80. The van der Waals surface area contributed by atoms with E-state index < -0.39 is 13.0 Å². The molecule has 0 aromatic heterocycles. The largest absolute Gasteiger partial charge is 0.367 e. The monoisotopic (exact) mass is 342 g/mol. The summed E-state index contributed by atoms with van der Waals surface area (Å²) in [7, 11) is 0. The zero-order chi connectivity index (χ0) is 11.3. The van der Waals surface area contributed by atoms with Crippen LogP contribution in [0.5, 0.6) is 0 Å². The third-order valence-electron chi connectivity index (χ3n) is 1.81. The fourth-order valence-corrected chi connectivity index (χ4v) is 1.92. The van der Waals surface area contributed by atoms with Crippen LogP contribution in [0.3, 0.4) is 0 Å². The molecule has 1 rings (SSSR count). The van der Waals surface area contributed by atoms with Gasteiger partial charge in [0.05, 0.1) is 6.10 Å². The minimum atomic E-state index is -2.43. The van der Waals surface area contributed by atoms with Gasteiger partial charge in [0.25, 0.3) is 6.43 Å². The van der Waals surface area contributed by atoms with Gasteiger partial charge in [-0.1, -0.05) is 44.0 Å². The van der Waals surface area contributed by atoms with Gasteiger partial charge in [-0.25, -0.2) is 8.78 Å². The lowest BCUT2D eigenvalue weighted by molar-refractivity contribution is -0.0159. The molecule has 0 amide bonds. The Bertz CT molecular complexity index is 290. The van der Waals surface area contributed by atoms with E-state index in [1.54, 1.807) is 0 Å². The topological polar surface area (TPSA) is 9.23 Å².